The molecule has 3 heterocycles. The predicted octanol–water partition coefficient (Wildman–Crippen LogP) is 1.71. The SMILES string of the molecule is COc1ccc(NC(=O)NCC(C2CCOC2)N2CCCC2)cn1. The molecule has 2 N–H and O–H groups in total. The van der Waals surface area contributed by atoms with Crippen molar-refractivity contribution in [1.29, 1.82) is 0 Å². The van der Waals surface area contributed by atoms with Gasteiger partial charge >= 0.3 is 6.03 Å². The van der Waals surface area contributed by atoms with Crippen molar-refractivity contribution in [2.45, 2.75) is 25.3 Å². The number of likely N-dealkylation sites (tertiary alicyclic amines) is 1. The van der Waals surface area contributed by atoms with Crippen LogP contribution < -0.4 is 15.4 Å². The van der Waals surface area contributed by atoms with E-state index in [4.69, 9.17) is 9.47 Å². The molecule has 2 unspecified atom stereocenters. The molecule has 0 aromatic carbocycles. The third-order valence-electron chi connectivity index (χ3n) is 4.79. The number of urea groups is 1. The zero-order valence-electron chi connectivity index (χ0n) is 14.2. The number of ether oxygens (including phenoxy) is 2. The van der Waals surface area contributed by atoms with Gasteiger partial charge in [0.15, 0.2) is 0 Å². The number of anilines is 1. The van der Waals surface area contributed by atoms with Crippen LogP contribution in [-0.4, -0.2) is 61.9 Å². The number of nitrogens with one attached hydrogen (secondary N) is 2. The summed E-state index contributed by atoms with van der Waals surface area (Å²) in [5, 5.41) is 5.82. The van der Waals surface area contributed by atoms with E-state index in [0.717, 1.165) is 32.7 Å². The highest BCUT2D eigenvalue weighted by Crippen LogP contribution is 2.24. The summed E-state index contributed by atoms with van der Waals surface area (Å²) in [6.45, 7) is 4.51. The van der Waals surface area contributed by atoms with E-state index >= 15 is 0 Å². The molecule has 2 aliphatic rings. The van der Waals surface area contributed by atoms with Crippen LogP contribution >= 0.6 is 0 Å². The van der Waals surface area contributed by atoms with Gasteiger partial charge in [-0.25, -0.2) is 9.78 Å². The Bertz CT molecular complexity index is 509. The number of aromatic nitrogens is 1. The summed E-state index contributed by atoms with van der Waals surface area (Å²) in [6, 6.07) is 3.65. The molecule has 24 heavy (non-hydrogen) atoms. The summed E-state index contributed by atoms with van der Waals surface area (Å²) in [5.41, 5.74) is 0.648. The molecule has 0 aliphatic carbocycles. The number of hydrogen-bond donors (Lipinski definition) is 2. The number of pyridine rings is 1. The second-order valence-corrected chi connectivity index (χ2v) is 6.36. The molecule has 0 radical (unpaired) electrons. The molecule has 2 fully saturated rings. The fourth-order valence-corrected chi connectivity index (χ4v) is 3.47. The summed E-state index contributed by atoms with van der Waals surface area (Å²) < 4.78 is 10.6. The van der Waals surface area contributed by atoms with E-state index in [9.17, 15) is 4.79 Å². The molecule has 0 saturated carbocycles. The lowest BCUT2D eigenvalue weighted by Gasteiger charge is -2.31. The van der Waals surface area contributed by atoms with E-state index in [1.54, 1.807) is 25.4 Å². The minimum absolute atomic E-state index is 0.204. The van der Waals surface area contributed by atoms with E-state index < -0.39 is 0 Å². The Kier molecular flexibility index (Phi) is 5.87. The molecule has 1 aromatic rings. The number of carbonyl (C=O) groups is 1. The number of amides is 2. The Hall–Kier alpha value is -1.86. The van der Waals surface area contributed by atoms with Gasteiger partial charge in [0.05, 0.1) is 25.6 Å². The van der Waals surface area contributed by atoms with Gasteiger partial charge in [0.25, 0.3) is 0 Å². The summed E-state index contributed by atoms with van der Waals surface area (Å²) in [4.78, 5) is 18.7. The third kappa shape index (κ3) is 4.36. The van der Waals surface area contributed by atoms with Crippen molar-refractivity contribution in [3.05, 3.63) is 18.3 Å². The lowest BCUT2D eigenvalue weighted by atomic mass is 9.97. The molecule has 132 valence electrons. The van der Waals surface area contributed by atoms with Crippen molar-refractivity contribution in [3.63, 3.8) is 0 Å². The third-order valence-corrected chi connectivity index (χ3v) is 4.79. The second-order valence-electron chi connectivity index (χ2n) is 6.36. The van der Waals surface area contributed by atoms with Crippen LogP contribution in [0.25, 0.3) is 0 Å². The highest BCUT2D eigenvalue weighted by molar-refractivity contribution is 5.89. The van der Waals surface area contributed by atoms with E-state index in [-0.39, 0.29) is 6.03 Å². The molecule has 0 spiro atoms. The Morgan fingerprint density at radius 3 is 2.92 bits per heavy atom. The van der Waals surface area contributed by atoms with Gasteiger partial charge in [0.2, 0.25) is 5.88 Å². The smallest absolute Gasteiger partial charge is 0.319 e. The zero-order chi connectivity index (χ0) is 16.8. The van der Waals surface area contributed by atoms with Gasteiger partial charge < -0.3 is 20.1 Å². The average Bonchev–Trinajstić information content (AvgIpc) is 3.30. The summed E-state index contributed by atoms with van der Waals surface area (Å²) in [5.74, 6) is 1.03. The number of nitrogens with zero attached hydrogens (tertiary/aromatic N) is 2. The fourth-order valence-electron chi connectivity index (χ4n) is 3.47. The van der Waals surface area contributed by atoms with Gasteiger partial charge in [0, 0.05) is 31.2 Å². The number of methoxy groups -OCH3 is 1. The minimum atomic E-state index is -0.204. The Morgan fingerprint density at radius 2 is 2.29 bits per heavy atom. The molecule has 2 atom stereocenters. The molecule has 7 heteroatoms. The van der Waals surface area contributed by atoms with Crippen molar-refractivity contribution in [2.75, 3.05) is 45.3 Å². The maximum Gasteiger partial charge on any atom is 0.319 e. The first kappa shape index (κ1) is 17.0. The first-order valence-electron chi connectivity index (χ1n) is 8.63. The molecule has 3 rings (SSSR count). The average molecular weight is 334 g/mol. The summed E-state index contributed by atoms with van der Waals surface area (Å²) in [7, 11) is 1.56. The highest BCUT2D eigenvalue weighted by Gasteiger charge is 2.32. The monoisotopic (exact) mass is 334 g/mol. The quantitative estimate of drug-likeness (QED) is 0.828. The number of rotatable bonds is 6. The standard InChI is InChI=1S/C17H26N4O3/c1-23-16-5-4-14(10-18-16)20-17(22)19-11-15(13-6-9-24-12-13)21-7-2-3-8-21/h4-5,10,13,15H,2-3,6-9,11-12H2,1H3,(H2,19,20,22). The zero-order valence-corrected chi connectivity index (χ0v) is 14.2. The van der Waals surface area contributed by atoms with Crippen molar-refractivity contribution in [2.24, 2.45) is 5.92 Å². The van der Waals surface area contributed by atoms with Crippen molar-refractivity contribution < 1.29 is 14.3 Å². The van der Waals surface area contributed by atoms with Gasteiger partial charge in [-0.15, -0.1) is 0 Å². The van der Waals surface area contributed by atoms with Gasteiger partial charge in [-0.2, -0.15) is 0 Å². The van der Waals surface area contributed by atoms with Crippen LogP contribution in [0, 0.1) is 5.92 Å². The van der Waals surface area contributed by atoms with Gasteiger partial charge in [-0.1, -0.05) is 0 Å². The predicted molar refractivity (Wildman–Crippen MR) is 91.3 cm³/mol. The Balaban J connectivity index is 1.51. The molecular weight excluding hydrogens is 308 g/mol. The van der Waals surface area contributed by atoms with Crippen LogP contribution in [-0.2, 0) is 4.74 Å². The maximum absolute atomic E-state index is 12.2. The van der Waals surface area contributed by atoms with Crippen LogP contribution in [0.4, 0.5) is 10.5 Å². The summed E-state index contributed by atoms with van der Waals surface area (Å²) in [6.07, 6.45) is 5.15. The second kappa shape index (κ2) is 8.30. The largest absolute Gasteiger partial charge is 0.481 e. The van der Waals surface area contributed by atoms with E-state index in [1.807, 2.05) is 0 Å². The van der Waals surface area contributed by atoms with Gasteiger partial charge in [-0.3, -0.25) is 4.90 Å². The van der Waals surface area contributed by atoms with E-state index in [0.29, 0.717) is 30.1 Å². The molecule has 2 aliphatic heterocycles. The van der Waals surface area contributed by atoms with Crippen LogP contribution in [0.2, 0.25) is 0 Å². The Labute approximate surface area is 142 Å². The lowest BCUT2D eigenvalue weighted by molar-refractivity contribution is 0.135. The Morgan fingerprint density at radius 1 is 1.46 bits per heavy atom. The van der Waals surface area contributed by atoms with Crippen molar-refractivity contribution in [1.82, 2.24) is 15.2 Å². The maximum atomic E-state index is 12.2. The first-order valence-corrected chi connectivity index (χ1v) is 8.63. The van der Waals surface area contributed by atoms with Crippen LogP contribution in [0.15, 0.2) is 18.3 Å². The highest BCUT2D eigenvalue weighted by atomic mass is 16.5. The van der Waals surface area contributed by atoms with Gasteiger partial charge in [-0.05, 0) is 38.4 Å². The van der Waals surface area contributed by atoms with Crippen LogP contribution in [0.5, 0.6) is 5.88 Å². The van der Waals surface area contributed by atoms with E-state index in [2.05, 4.69) is 20.5 Å². The molecule has 2 amide bonds. The molecule has 2 saturated heterocycles. The molecule has 0 bridgehead atoms. The van der Waals surface area contributed by atoms with Crippen LogP contribution in [0.1, 0.15) is 19.3 Å². The van der Waals surface area contributed by atoms with Crippen LogP contribution in [0.3, 0.4) is 0 Å². The normalized spacial score (nSPS) is 22.3. The number of hydrogen-bond acceptors (Lipinski definition) is 5. The molecule has 7 nitrogen and oxygen atoms in total. The minimum Gasteiger partial charge on any atom is -0.481 e. The van der Waals surface area contributed by atoms with Gasteiger partial charge in [0.1, 0.15) is 0 Å². The molecule has 1 aromatic heterocycles. The van der Waals surface area contributed by atoms with Crippen molar-refractivity contribution >= 4 is 11.7 Å². The van der Waals surface area contributed by atoms with E-state index in [1.165, 1.54) is 12.8 Å². The first-order chi connectivity index (χ1) is 11.8. The summed E-state index contributed by atoms with van der Waals surface area (Å²) >= 11 is 0. The van der Waals surface area contributed by atoms with Crippen molar-refractivity contribution in [3.8, 4) is 5.88 Å². The molecular formula is C17H26N4O3. The lowest BCUT2D eigenvalue weighted by Crippen LogP contribution is -2.48. The topological polar surface area (TPSA) is 75.7 Å². The fraction of sp³-hybridized carbons (Fsp3) is 0.647. The number of carbonyl (C=O) groups excluding carboxylic acids is 1.